The average molecular weight is 488 g/mol. The number of nitrogens with two attached hydrogens (primary N) is 1. The summed E-state index contributed by atoms with van der Waals surface area (Å²) in [7, 11) is 0. The number of benzene rings is 2. The number of hydrogen-bond donors (Lipinski definition) is 2. The molecule has 8 nitrogen and oxygen atoms in total. The van der Waals surface area contributed by atoms with Crippen molar-refractivity contribution < 1.29 is 14.4 Å². The molecule has 1 aliphatic heterocycles. The topological polar surface area (TPSA) is 108 Å². The van der Waals surface area contributed by atoms with Crippen molar-refractivity contribution in [3.05, 3.63) is 65.7 Å². The number of nitrogens with zero attached hydrogens (tertiary/aromatic N) is 3. The van der Waals surface area contributed by atoms with Gasteiger partial charge in [-0.2, -0.15) is 0 Å². The summed E-state index contributed by atoms with van der Waals surface area (Å²) in [4.78, 5) is 47.6. The summed E-state index contributed by atoms with van der Waals surface area (Å²) in [6.07, 6.45) is 6.99. The molecule has 5 rings (SSSR count). The maximum atomic E-state index is 14.0. The van der Waals surface area contributed by atoms with Crippen LogP contribution in [-0.4, -0.2) is 46.3 Å². The van der Waals surface area contributed by atoms with Gasteiger partial charge in [0.2, 0.25) is 6.41 Å². The van der Waals surface area contributed by atoms with E-state index in [-0.39, 0.29) is 0 Å². The van der Waals surface area contributed by atoms with Gasteiger partial charge in [-0.25, -0.2) is 9.69 Å². The zero-order chi connectivity index (χ0) is 25.3. The highest BCUT2D eigenvalue weighted by Crippen LogP contribution is 2.41. The number of carbonyl (C=O) groups excluding carboxylic acids is 3. The van der Waals surface area contributed by atoms with E-state index in [1.807, 2.05) is 48.5 Å². The lowest BCUT2D eigenvalue weighted by Gasteiger charge is -2.48. The predicted molar refractivity (Wildman–Crippen MR) is 138 cm³/mol. The van der Waals surface area contributed by atoms with E-state index < -0.39 is 29.3 Å². The van der Waals surface area contributed by atoms with E-state index in [9.17, 15) is 14.4 Å². The molecule has 0 spiro atoms. The molecule has 1 heterocycles. The van der Waals surface area contributed by atoms with Crippen LogP contribution in [0, 0.1) is 0 Å². The van der Waals surface area contributed by atoms with Gasteiger partial charge in [0.25, 0.3) is 5.91 Å². The van der Waals surface area contributed by atoms with Gasteiger partial charge in [-0.15, -0.1) is 0 Å². The van der Waals surface area contributed by atoms with Crippen molar-refractivity contribution in [3.8, 4) is 0 Å². The molecule has 2 aliphatic carbocycles. The Kier molecular flexibility index (Phi) is 6.38. The van der Waals surface area contributed by atoms with Crippen molar-refractivity contribution in [2.75, 3.05) is 4.90 Å². The van der Waals surface area contributed by atoms with Crippen LogP contribution in [0.1, 0.15) is 69.4 Å². The van der Waals surface area contributed by atoms with E-state index in [0.29, 0.717) is 42.6 Å². The van der Waals surface area contributed by atoms with Crippen LogP contribution in [0.2, 0.25) is 0 Å². The van der Waals surface area contributed by atoms with Gasteiger partial charge in [-0.05, 0) is 64.4 Å². The molecule has 188 valence electrons. The summed E-state index contributed by atoms with van der Waals surface area (Å²) >= 11 is 0. The van der Waals surface area contributed by atoms with Crippen molar-refractivity contribution >= 4 is 29.7 Å². The van der Waals surface area contributed by atoms with Crippen LogP contribution in [-0.2, 0) is 9.59 Å². The molecule has 2 aromatic rings. The maximum Gasteiger partial charge on any atom is 0.330 e. The molecule has 0 saturated heterocycles. The Bertz CT molecular complexity index is 1180. The minimum absolute atomic E-state index is 0.417. The first-order valence-electron chi connectivity index (χ1n) is 12.8. The summed E-state index contributed by atoms with van der Waals surface area (Å²) < 4.78 is 0. The van der Waals surface area contributed by atoms with E-state index in [0.717, 1.165) is 37.7 Å². The van der Waals surface area contributed by atoms with Crippen LogP contribution in [0.3, 0.4) is 0 Å². The van der Waals surface area contributed by atoms with Crippen LogP contribution in [0.25, 0.3) is 0 Å². The highest BCUT2D eigenvalue weighted by Gasteiger charge is 2.50. The lowest BCUT2D eigenvalue weighted by atomic mass is 9.98. The zero-order valence-electron chi connectivity index (χ0n) is 20.7. The predicted octanol–water partition coefficient (Wildman–Crippen LogP) is 3.93. The molecule has 8 heteroatoms. The van der Waals surface area contributed by atoms with Gasteiger partial charge >= 0.3 is 6.03 Å². The fraction of sp³-hybridized carbons (Fsp3) is 0.429. The highest BCUT2D eigenvalue weighted by atomic mass is 16.2. The first-order chi connectivity index (χ1) is 17.4. The number of aliphatic imine (C=N–C) groups is 1. The molecule has 0 aromatic heterocycles. The van der Waals surface area contributed by atoms with Crippen molar-refractivity contribution in [2.24, 2.45) is 10.7 Å². The minimum atomic E-state index is -0.925. The highest BCUT2D eigenvalue weighted by molar-refractivity contribution is 6.25. The second-order valence-electron chi connectivity index (χ2n) is 10.2. The zero-order valence-corrected chi connectivity index (χ0v) is 20.7. The molecule has 0 radical (unpaired) electrons. The van der Waals surface area contributed by atoms with Gasteiger partial charge in [0.1, 0.15) is 11.7 Å². The quantitative estimate of drug-likeness (QED) is 0.492. The first kappa shape index (κ1) is 24.2. The third kappa shape index (κ3) is 4.09. The molecule has 3 aliphatic rings. The van der Waals surface area contributed by atoms with Gasteiger partial charge < -0.3 is 16.0 Å². The third-order valence-corrected chi connectivity index (χ3v) is 7.84. The largest absolute Gasteiger partial charge is 0.330 e. The molecule has 2 saturated carbocycles. The molecular weight excluding hydrogens is 454 g/mol. The van der Waals surface area contributed by atoms with Crippen molar-refractivity contribution in [2.45, 2.75) is 75.7 Å². The van der Waals surface area contributed by atoms with Gasteiger partial charge in [0.15, 0.2) is 0 Å². The minimum Gasteiger partial charge on any atom is -0.314 e. The molecule has 0 unspecified atom stereocenters. The van der Waals surface area contributed by atoms with Crippen molar-refractivity contribution in [1.82, 2.24) is 10.2 Å². The number of anilines is 1. The Labute approximate surface area is 211 Å². The monoisotopic (exact) mass is 487 g/mol. The van der Waals surface area contributed by atoms with E-state index >= 15 is 0 Å². The molecule has 1 atom stereocenters. The van der Waals surface area contributed by atoms with Crippen molar-refractivity contribution in [3.63, 3.8) is 0 Å². The number of carbonyl (C=O) groups is 3. The molecule has 4 amide bonds. The summed E-state index contributed by atoms with van der Waals surface area (Å²) in [5, 5.41) is 3.12. The second-order valence-corrected chi connectivity index (χ2v) is 10.2. The number of hydrogen-bond acceptors (Lipinski definition) is 5. The normalized spacial score (nSPS) is 22.4. The Morgan fingerprint density at radius 1 is 1.03 bits per heavy atom. The Hall–Kier alpha value is -3.52. The molecule has 36 heavy (non-hydrogen) atoms. The van der Waals surface area contributed by atoms with E-state index in [4.69, 9.17) is 10.7 Å². The van der Waals surface area contributed by atoms with Gasteiger partial charge in [-0.1, -0.05) is 48.5 Å². The first-order valence-corrected chi connectivity index (χ1v) is 12.8. The molecule has 0 bridgehead atoms. The summed E-state index contributed by atoms with van der Waals surface area (Å²) in [5.41, 5.74) is 7.71. The summed E-state index contributed by atoms with van der Waals surface area (Å²) in [5.74, 6) is -0.417. The smallest absolute Gasteiger partial charge is 0.314 e. The SMILES string of the molecule is C[C@@H]1N=C(c2ccccc2)c2ccccc2N(C(=O)NC2(N(C=O)C3(N)CCCC3)CCCC2)C1=O. The number of amides is 4. The van der Waals surface area contributed by atoms with Gasteiger partial charge in [0, 0.05) is 11.1 Å². The molecule has 2 aromatic carbocycles. The molecule has 2 fully saturated rings. The number of urea groups is 1. The summed E-state index contributed by atoms with van der Waals surface area (Å²) in [6, 6.07) is 15.7. The van der Waals surface area contributed by atoms with Crippen LogP contribution in [0.5, 0.6) is 0 Å². The Morgan fingerprint density at radius 2 is 1.64 bits per heavy atom. The van der Waals surface area contributed by atoms with Crippen LogP contribution in [0.15, 0.2) is 59.6 Å². The molecular formula is C28H33N5O3. The number of fused-ring (bicyclic) bond motifs is 1. The van der Waals surface area contributed by atoms with Crippen molar-refractivity contribution in [1.29, 1.82) is 0 Å². The number of nitrogens with one attached hydrogen (secondary N) is 1. The Morgan fingerprint density at radius 3 is 2.31 bits per heavy atom. The number of benzodiazepines with no additional fused rings is 1. The van der Waals surface area contributed by atoms with Crippen LogP contribution >= 0.6 is 0 Å². The van der Waals surface area contributed by atoms with Gasteiger partial charge in [0.05, 0.1) is 17.1 Å². The third-order valence-electron chi connectivity index (χ3n) is 7.84. The number of para-hydroxylation sites is 1. The Balaban J connectivity index is 1.54. The maximum absolute atomic E-state index is 14.0. The number of rotatable bonds is 5. The second kappa shape index (κ2) is 9.50. The van der Waals surface area contributed by atoms with Gasteiger partial charge in [-0.3, -0.25) is 14.6 Å². The molecule has 3 N–H and O–H groups in total. The van der Waals surface area contributed by atoms with E-state index in [1.165, 1.54) is 4.90 Å². The average Bonchev–Trinajstić information content (AvgIpc) is 3.51. The fourth-order valence-corrected chi connectivity index (χ4v) is 6.03. The fourth-order valence-electron chi connectivity index (χ4n) is 6.03. The van der Waals surface area contributed by atoms with E-state index in [1.54, 1.807) is 17.9 Å². The van der Waals surface area contributed by atoms with Crippen LogP contribution < -0.4 is 16.0 Å². The lowest BCUT2D eigenvalue weighted by molar-refractivity contribution is -0.134. The number of imide groups is 1. The van der Waals surface area contributed by atoms with Crippen LogP contribution in [0.4, 0.5) is 10.5 Å². The lowest BCUT2D eigenvalue weighted by Crippen LogP contribution is -2.70. The summed E-state index contributed by atoms with van der Waals surface area (Å²) in [6.45, 7) is 1.70. The van der Waals surface area contributed by atoms with E-state index in [2.05, 4.69) is 5.32 Å². The standard InChI is InChI=1S/C28H33N5O3/c1-20-25(35)33(23-14-6-5-13-22(23)24(30-20)21-11-3-2-4-12-21)26(36)31-28(17-9-10-18-28)32(19-34)27(29)15-7-8-16-27/h2-6,11-14,19-20H,7-10,15-18,29H2,1H3,(H,31,36)/t20-/m0/s1.